The minimum absolute atomic E-state index is 0.166. The molecule has 0 amide bonds. The third-order valence-corrected chi connectivity index (χ3v) is 2.45. The van der Waals surface area contributed by atoms with E-state index in [1.54, 1.807) is 22.9 Å². The summed E-state index contributed by atoms with van der Waals surface area (Å²) >= 11 is 5.05. The number of aromatic nitrogens is 4. The molecule has 0 aliphatic carbocycles. The van der Waals surface area contributed by atoms with Gasteiger partial charge in [0.15, 0.2) is 10.6 Å². The van der Waals surface area contributed by atoms with Crippen LogP contribution in [-0.2, 0) is 6.54 Å². The molecule has 0 atom stereocenters. The second-order valence-electron chi connectivity index (χ2n) is 3.01. The van der Waals surface area contributed by atoms with Crippen LogP contribution in [0.5, 0.6) is 0 Å². The highest BCUT2D eigenvalue weighted by atomic mass is 32.1. The van der Waals surface area contributed by atoms with Crippen molar-refractivity contribution in [3.05, 3.63) is 33.5 Å². The van der Waals surface area contributed by atoms with Gasteiger partial charge in [-0.15, -0.1) is 0 Å². The van der Waals surface area contributed by atoms with Crippen molar-refractivity contribution in [3.63, 3.8) is 0 Å². The van der Waals surface area contributed by atoms with Gasteiger partial charge in [0.1, 0.15) is 0 Å². The Balaban J connectivity index is 2.70. The van der Waals surface area contributed by atoms with Crippen LogP contribution in [0.1, 0.15) is 6.92 Å². The lowest BCUT2D eigenvalue weighted by atomic mass is 10.2. The molecule has 0 spiro atoms. The van der Waals surface area contributed by atoms with Crippen LogP contribution < -0.4 is 5.56 Å². The summed E-state index contributed by atoms with van der Waals surface area (Å²) < 4.78 is 2.30. The number of hydrogen-bond donors (Lipinski definition) is 2. The third kappa shape index (κ3) is 1.63. The van der Waals surface area contributed by atoms with Crippen molar-refractivity contribution in [2.75, 3.05) is 0 Å². The van der Waals surface area contributed by atoms with E-state index < -0.39 is 0 Å². The molecule has 5 nitrogen and oxygen atoms in total. The van der Waals surface area contributed by atoms with Gasteiger partial charge in [-0.3, -0.25) is 9.89 Å². The summed E-state index contributed by atoms with van der Waals surface area (Å²) in [5.74, 6) is 0.573. The van der Waals surface area contributed by atoms with E-state index in [4.69, 9.17) is 12.2 Å². The Morgan fingerprint density at radius 2 is 2.40 bits per heavy atom. The van der Waals surface area contributed by atoms with Crippen molar-refractivity contribution in [2.24, 2.45) is 0 Å². The molecule has 2 aromatic rings. The van der Waals surface area contributed by atoms with E-state index in [-0.39, 0.29) is 5.56 Å². The fourth-order valence-electron chi connectivity index (χ4n) is 1.41. The minimum Gasteiger partial charge on any atom is -0.328 e. The molecule has 2 heterocycles. The Morgan fingerprint density at radius 1 is 1.60 bits per heavy atom. The van der Waals surface area contributed by atoms with E-state index in [0.29, 0.717) is 22.7 Å². The number of aromatic amines is 2. The Bertz CT molecular complexity index is 580. The first kappa shape index (κ1) is 9.85. The van der Waals surface area contributed by atoms with Gasteiger partial charge in [0, 0.05) is 12.7 Å². The first-order valence-electron chi connectivity index (χ1n) is 4.57. The fraction of sp³-hybridized carbons (Fsp3) is 0.222. The highest BCUT2D eigenvalue weighted by Gasteiger charge is 2.09. The fourth-order valence-corrected chi connectivity index (χ4v) is 1.68. The number of nitrogens with one attached hydrogen (secondary N) is 2. The van der Waals surface area contributed by atoms with Crippen LogP contribution in [0.4, 0.5) is 0 Å². The molecule has 0 saturated heterocycles. The Labute approximate surface area is 90.8 Å². The molecule has 0 unspecified atom stereocenters. The van der Waals surface area contributed by atoms with E-state index in [2.05, 4.69) is 15.2 Å². The van der Waals surface area contributed by atoms with Gasteiger partial charge in [-0.2, -0.15) is 5.10 Å². The third-order valence-electron chi connectivity index (χ3n) is 2.13. The predicted octanol–water partition coefficient (Wildman–Crippen LogP) is 1.32. The molecule has 78 valence electrons. The largest absolute Gasteiger partial charge is 0.328 e. The Hall–Kier alpha value is -1.69. The topological polar surface area (TPSA) is 66.5 Å². The summed E-state index contributed by atoms with van der Waals surface area (Å²) in [4.78, 5) is 14.1. The standard InChI is InChI=1S/C9H10N4OS/c1-2-13-7(11-12-9(13)15)6-4-3-5-10-8(6)14/h3-5H,2H2,1H3,(H,10,14)(H,12,15). The smallest absolute Gasteiger partial charge is 0.259 e. The lowest BCUT2D eigenvalue weighted by molar-refractivity contribution is 0.754. The molecule has 0 bridgehead atoms. The maximum atomic E-state index is 11.5. The molecule has 2 N–H and O–H groups in total. The number of H-pyrrole nitrogens is 2. The molecule has 0 aliphatic heterocycles. The molecule has 2 rings (SSSR count). The summed E-state index contributed by atoms with van der Waals surface area (Å²) in [5, 5.41) is 6.72. The number of rotatable bonds is 2. The first-order chi connectivity index (χ1) is 7.24. The van der Waals surface area contributed by atoms with Crippen molar-refractivity contribution in [1.82, 2.24) is 19.7 Å². The van der Waals surface area contributed by atoms with Gasteiger partial charge in [0.25, 0.3) is 5.56 Å². The summed E-state index contributed by atoms with van der Waals surface area (Å²) in [6.45, 7) is 2.63. The van der Waals surface area contributed by atoms with Gasteiger partial charge in [-0.05, 0) is 31.3 Å². The van der Waals surface area contributed by atoms with Crippen LogP contribution in [0.15, 0.2) is 23.1 Å². The van der Waals surface area contributed by atoms with Gasteiger partial charge in [-0.25, -0.2) is 0 Å². The van der Waals surface area contributed by atoms with E-state index in [9.17, 15) is 4.79 Å². The SMILES string of the molecule is CCn1c(-c2ccc[nH]c2=O)n[nH]c1=S. The van der Waals surface area contributed by atoms with Crippen LogP contribution in [0.3, 0.4) is 0 Å². The van der Waals surface area contributed by atoms with Crippen LogP contribution in [-0.4, -0.2) is 19.7 Å². The maximum Gasteiger partial charge on any atom is 0.259 e. The zero-order chi connectivity index (χ0) is 10.8. The van der Waals surface area contributed by atoms with Crippen molar-refractivity contribution < 1.29 is 0 Å². The molecule has 0 aromatic carbocycles. The van der Waals surface area contributed by atoms with Gasteiger partial charge in [-0.1, -0.05) is 0 Å². The van der Waals surface area contributed by atoms with Gasteiger partial charge < -0.3 is 9.55 Å². The molecule has 0 radical (unpaired) electrons. The van der Waals surface area contributed by atoms with Crippen molar-refractivity contribution in [2.45, 2.75) is 13.5 Å². The van der Waals surface area contributed by atoms with E-state index in [1.165, 1.54) is 0 Å². The molecular weight excluding hydrogens is 212 g/mol. The van der Waals surface area contributed by atoms with Crippen LogP contribution in [0, 0.1) is 4.77 Å². The van der Waals surface area contributed by atoms with E-state index in [1.807, 2.05) is 6.92 Å². The van der Waals surface area contributed by atoms with Gasteiger partial charge >= 0.3 is 0 Å². The molecule has 6 heteroatoms. The molecule has 2 aromatic heterocycles. The normalized spacial score (nSPS) is 10.5. The number of nitrogens with zero attached hydrogens (tertiary/aromatic N) is 2. The van der Waals surface area contributed by atoms with E-state index in [0.717, 1.165) is 0 Å². The van der Waals surface area contributed by atoms with Crippen LogP contribution in [0.25, 0.3) is 11.4 Å². The predicted molar refractivity (Wildman–Crippen MR) is 59.1 cm³/mol. The zero-order valence-corrected chi connectivity index (χ0v) is 8.97. The quantitative estimate of drug-likeness (QED) is 0.753. The second kappa shape index (κ2) is 3.82. The second-order valence-corrected chi connectivity index (χ2v) is 3.40. The maximum absolute atomic E-state index is 11.5. The van der Waals surface area contributed by atoms with Crippen molar-refractivity contribution in [3.8, 4) is 11.4 Å². The summed E-state index contributed by atoms with van der Waals surface area (Å²) in [6, 6.07) is 3.48. The zero-order valence-electron chi connectivity index (χ0n) is 8.15. The summed E-state index contributed by atoms with van der Waals surface area (Å²) in [5.41, 5.74) is 0.355. The highest BCUT2D eigenvalue weighted by Crippen LogP contribution is 2.11. The van der Waals surface area contributed by atoms with Gasteiger partial charge in [0.05, 0.1) is 5.56 Å². The lowest BCUT2D eigenvalue weighted by Crippen LogP contribution is -2.10. The summed E-state index contributed by atoms with van der Waals surface area (Å²) in [6.07, 6.45) is 1.59. The Kier molecular flexibility index (Phi) is 2.51. The highest BCUT2D eigenvalue weighted by molar-refractivity contribution is 7.71. The molecule has 0 saturated carbocycles. The number of pyridine rings is 1. The van der Waals surface area contributed by atoms with E-state index >= 15 is 0 Å². The molecule has 15 heavy (non-hydrogen) atoms. The Morgan fingerprint density at radius 3 is 3.07 bits per heavy atom. The average molecular weight is 222 g/mol. The minimum atomic E-state index is -0.166. The summed E-state index contributed by atoms with van der Waals surface area (Å²) in [7, 11) is 0. The molecule has 0 aliphatic rings. The average Bonchev–Trinajstić information content (AvgIpc) is 2.60. The monoisotopic (exact) mass is 222 g/mol. The van der Waals surface area contributed by atoms with Crippen molar-refractivity contribution in [1.29, 1.82) is 0 Å². The molecule has 0 fully saturated rings. The number of hydrogen-bond acceptors (Lipinski definition) is 3. The first-order valence-corrected chi connectivity index (χ1v) is 4.98. The van der Waals surface area contributed by atoms with Crippen LogP contribution in [0.2, 0.25) is 0 Å². The van der Waals surface area contributed by atoms with Gasteiger partial charge in [0.2, 0.25) is 0 Å². The van der Waals surface area contributed by atoms with Crippen LogP contribution >= 0.6 is 12.2 Å². The lowest BCUT2D eigenvalue weighted by Gasteiger charge is -2.01. The molecular formula is C9H10N4OS. The van der Waals surface area contributed by atoms with Crippen molar-refractivity contribution >= 4 is 12.2 Å².